The summed E-state index contributed by atoms with van der Waals surface area (Å²) in [5.74, 6) is 0. The Hall–Kier alpha value is 0.210. The van der Waals surface area contributed by atoms with Gasteiger partial charge < -0.3 is 23.0 Å². The molecule has 0 aliphatic carbocycles. The van der Waals surface area contributed by atoms with Gasteiger partial charge in [0.1, 0.15) is 0 Å². The molecule has 3 aliphatic heterocycles. The summed E-state index contributed by atoms with van der Waals surface area (Å²) >= 11 is 0. The van der Waals surface area contributed by atoms with Gasteiger partial charge in [0.25, 0.3) is 0 Å². The molecule has 3 saturated heterocycles. The quantitative estimate of drug-likeness (QED) is 0.662. The molecule has 0 saturated carbocycles. The molecule has 3 heteroatoms. The second-order valence-corrected chi connectivity index (χ2v) is 6.11. The van der Waals surface area contributed by atoms with Gasteiger partial charge in [-0.2, -0.15) is 0 Å². The zero-order chi connectivity index (χ0) is 13.3. The first kappa shape index (κ1) is 19.2. The van der Waals surface area contributed by atoms with Crippen LogP contribution in [0.25, 0.3) is 0 Å². The maximum atomic E-state index is 3.25. The Balaban J connectivity index is 0.00000103. The van der Waals surface area contributed by atoms with Gasteiger partial charge in [0, 0.05) is 0 Å². The highest BCUT2D eigenvalue weighted by Gasteiger charge is 2.38. The Morgan fingerprint density at radius 1 is 0.842 bits per heavy atom. The topological polar surface area (TPSA) is 30.9 Å². The molecule has 0 aromatic heterocycles. The van der Waals surface area contributed by atoms with Crippen LogP contribution in [0.15, 0.2) is 0 Å². The lowest BCUT2D eigenvalue weighted by Crippen LogP contribution is -3.00. The number of nitrogens with zero attached hydrogens (tertiary/aromatic N) is 1. The minimum atomic E-state index is 0. The summed E-state index contributed by atoms with van der Waals surface area (Å²) in [5, 5.41) is 0. The molecule has 19 heavy (non-hydrogen) atoms. The third-order valence-corrected chi connectivity index (χ3v) is 4.94. The van der Waals surface area contributed by atoms with E-state index in [1.54, 1.807) is 7.05 Å². The van der Waals surface area contributed by atoms with Gasteiger partial charge in [-0.05, 0) is 50.7 Å². The first-order valence-corrected chi connectivity index (χ1v) is 8.28. The second kappa shape index (κ2) is 10.9. The fraction of sp³-hybridized carbons (Fsp3) is 1.00. The molecule has 0 amide bonds. The summed E-state index contributed by atoms with van der Waals surface area (Å²) in [4.78, 5) is 2.66. The van der Waals surface area contributed by atoms with Crippen LogP contribution in [0.3, 0.4) is 0 Å². The number of rotatable bonds is 7. The zero-order valence-corrected chi connectivity index (χ0v) is 14.0. The molecule has 3 aliphatic rings. The van der Waals surface area contributed by atoms with Crippen LogP contribution in [0.5, 0.6) is 0 Å². The van der Waals surface area contributed by atoms with E-state index in [2.05, 4.69) is 17.6 Å². The van der Waals surface area contributed by atoms with Crippen LogP contribution in [0.1, 0.15) is 71.1 Å². The SMILES string of the molecule is CCCCCCCCC12CCN(CC1)CC2.C[NH3+].[Cl-]. The average molecular weight is 291 g/mol. The third kappa shape index (κ3) is 6.46. The van der Waals surface area contributed by atoms with Gasteiger partial charge in [-0.3, -0.25) is 0 Å². The van der Waals surface area contributed by atoms with Crippen LogP contribution in [0, 0.1) is 5.41 Å². The Kier molecular flexibility index (Phi) is 11.1. The molecule has 0 atom stereocenters. The molecule has 2 nitrogen and oxygen atoms in total. The van der Waals surface area contributed by atoms with Gasteiger partial charge in [-0.25, -0.2) is 0 Å². The molecule has 116 valence electrons. The first-order valence-electron chi connectivity index (χ1n) is 8.28. The van der Waals surface area contributed by atoms with Gasteiger partial charge in [0.15, 0.2) is 0 Å². The molecule has 3 heterocycles. The maximum Gasteiger partial charge on any atom is 0.0634 e. The smallest absolute Gasteiger partial charge is 0.0634 e. The van der Waals surface area contributed by atoms with E-state index in [1.807, 2.05) is 0 Å². The van der Waals surface area contributed by atoms with E-state index >= 15 is 0 Å². The highest BCUT2D eigenvalue weighted by molar-refractivity contribution is 4.91. The van der Waals surface area contributed by atoms with Crippen molar-refractivity contribution in [3.63, 3.8) is 0 Å². The van der Waals surface area contributed by atoms with Crippen molar-refractivity contribution < 1.29 is 18.1 Å². The molecule has 3 N–H and O–H groups in total. The van der Waals surface area contributed by atoms with Crippen molar-refractivity contribution in [2.24, 2.45) is 5.41 Å². The minimum Gasteiger partial charge on any atom is -1.00 e. The maximum absolute atomic E-state index is 3.25. The number of hydrogen-bond donors (Lipinski definition) is 1. The fourth-order valence-corrected chi connectivity index (χ4v) is 3.55. The van der Waals surface area contributed by atoms with Crippen molar-refractivity contribution in [3.05, 3.63) is 0 Å². The monoisotopic (exact) mass is 290 g/mol. The van der Waals surface area contributed by atoms with Crippen molar-refractivity contribution in [1.29, 1.82) is 0 Å². The summed E-state index contributed by atoms with van der Waals surface area (Å²) in [6.45, 7) is 6.50. The van der Waals surface area contributed by atoms with Gasteiger partial charge in [-0.15, -0.1) is 0 Å². The molecule has 0 aromatic carbocycles. The highest BCUT2D eigenvalue weighted by Crippen LogP contribution is 2.43. The predicted molar refractivity (Wildman–Crippen MR) is 79.5 cm³/mol. The summed E-state index contributed by atoms with van der Waals surface area (Å²) in [6.07, 6.45) is 14.8. The average Bonchev–Trinajstić information content (AvgIpc) is 2.47. The molecule has 0 aromatic rings. The van der Waals surface area contributed by atoms with E-state index in [9.17, 15) is 0 Å². The van der Waals surface area contributed by atoms with Crippen molar-refractivity contribution >= 4 is 0 Å². The molecule has 0 radical (unpaired) electrons. The van der Waals surface area contributed by atoms with Gasteiger partial charge in [0.05, 0.1) is 7.05 Å². The summed E-state index contributed by atoms with van der Waals surface area (Å²) in [7, 11) is 1.75. The second-order valence-electron chi connectivity index (χ2n) is 6.11. The van der Waals surface area contributed by atoms with Crippen LogP contribution in [0.2, 0.25) is 0 Å². The number of piperidine rings is 3. The van der Waals surface area contributed by atoms with Gasteiger partial charge in [0.2, 0.25) is 0 Å². The fourth-order valence-electron chi connectivity index (χ4n) is 3.55. The molecule has 0 spiro atoms. The molecular formula is C16H35ClN2. The Bertz CT molecular complexity index is 187. The Morgan fingerprint density at radius 2 is 1.32 bits per heavy atom. The Labute approximate surface area is 126 Å². The number of hydrogen-bond acceptors (Lipinski definition) is 1. The van der Waals surface area contributed by atoms with Crippen molar-refractivity contribution in [3.8, 4) is 0 Å². The van der Waals surface area contributed by atoms with E-state index in [4.69, 9.17) is 0 Å². The van der Waals surface area contributed by atoms with Crippen LogP contribution >= 0.6 is 0 Å². The predicted octanol–water partition coefficient (Wildman–Crippen LogP) is 0.0850. The third-order valence-electron chi connectivity index (χ3n) is 4.94. The highest BCUT2D eigenvalue weighted by atomic mass is 35.5. The van der Waals surface area contributed by atoms with Gasteiger partial charge >= 0.3 is 0 Å². The lowest BCUT2D eigenvalue weighted by molar-refractivity contribution is -0.325. The van der Waals surface area contributed by atoms with Gasteiger partial charge in [-0.1, -0.05) is 45.4 Å². The molecule has 3 rings (SSSR count). The lowest BCUT2D eigenvalue weighted by Gasteiger charge is -2.48. The summed E-state index contributed by atoms with van der Waals surface area (Å²) in [6, 6.07) is 0. The number of unbranched alkanes of at least 4 members (excludes halogenated alkanes) is 5. The Morgan fingerprint density at radius 3 is 1.84 bits per heavy atom. The van der Waals surface area contributed by atoms with Crippen LogP contribution < -0.4 is 18.1 Å². The molecule has 0 unspecified atom stereocenters. The number of fused-ring (bicyclic) bond motifs is 3. The lowest BCUT2D eigenvalue weighted by atomic mass is 9.69. The molecule has 3 fully saturated rings. The number of quaternary nitrogens is 1. The molecule has 2 bridgehead atoms. The minimum absolute atomic E-state index is 0. The van der Waals surface area contributed by atoms with E-state index in [0.717, 1.165) is 5.41 Å². The van der Waals surface area contributed by atoms with E-state index < -0.39 is 0 Å². The first-order chi connectivity index (χ1) is 8.85. The number of halogens is 1. The van der Waals surface area contributed by atoms with E-state index in [1.165, 1.54) is 83.8 Å². The zero-order valence-electron chi connectivity index (χ0n) is 13.2. The normalized spacial score (nSPS) is 28.3. The van der Waals surface area contributed by atoms with Crippen molar-refractivity contribution in [2.45, 2.75) is 71.1 Å². The van der Waals surface area contributed by atoms with Crippen molar-refractivity contribution in [1.82, 2.24) is 4.90 Å². The summed E-state index contributed by atoms with van der Waals surface area (Å²) in [5.41, 5.74) is 4.04. The largest absolute Gasteiger partial charge is 1.00 e. The standard InChI is InChI=1S/C15H29N.CH5N.ClH/c1-2-3-4-5-6-7-8-15-9-12-16(13-10-15)14-11-15;1-2;/h2-14H2,1H3;2H2,1H3;1H. The van der Waals surface area contributed by atoms with E-state index in [-0.39, 0.29) is 12.4 Å². The van der Waals surface area contributed by atoms with Crippen molar-refractivity contribution in [2.75, 3.05) is 26.7 Å². The van der Waals surface area contributed by atoms with Crippen LogP contribution in [-0.2, 0) is 0 Å². The van der Waals surface area contributed by atoms with Crippen LogP contribution in [-0.4, -0.2) is 31.6 Å². The van der Waals surface area contributed by atoms with E-state index in [0.29, 0.717) is 0 Å². The summed E-state index contributed by atoms with van der Waals surface area (Å²) < 4.78 is 0. The molecular weight excluding hydrogens is 256 g/mol. The van der Waals surface area contributed by atoms with Crippen LogP contribution in [0.4, 0.5) is 0 Å².